The molecule has 168 valence electrons. The van der Waals surface area contributed by atoms with Crippen molar-refractivity contribution in [1.82, 2.24) is 9.80 Å². The number of carbonyl (C=O) groups excluding carboxylic acids is 1. The van der Waals surface area contributed by atoms with Crippen molar-refractivity contribution >= 4 is 37.5 Å². The van der Waals surface area contributed by atoms with E-state index in [1.54, 1.807) is 41.3 Å². The van der Waals surface area contributed by atoms with Crippen LogP contribution in [0.3, 0.4) is 0 Å². The first-order chi connectivity index (χ1) is 14.8. The fraction of sp³-hybridized carbons (Fsp3) is 0.409. The van der Waals surface area contributed by atoms with Crippen molar-refractivity contribution in [2.24, 2.45) is 0 Å². The highest BCUT2D eigenvalue weighted by Crippen LogP contribution is 2.27. The number of ether oxygens (including phenoxy) is 1. The topological polar surface area (TPSA) is 70.2 Å². The molecule has 1 heterocycles. The Bertz CT molecular complexity index is 973. The summed E-state index contributed by atoms with van der Waals surface area (Å²) in [5.74, 6) is 0.444. The number of carbonyl (C=O) groups is 1. The molecule has 1 saturated heterocycles. The van der Waals surface area contributed by atoms with Gasteiger partial charge in [-0.25, -0.2) is 8.42 Å². The number of halogens is 1. The molecule has 9 heteroatoms. The Morgan fingerprint density at radius 2 is 1.61 bits per heavy atom. The second-order valence-electron chi connectivity index (χ2n) is 7.21. The van der Waals surface area contributed by atoms with Crippen LogP contribution in [0.4, 0.5) is 5.69 Å². The lowest BCUT2D eigenvalue weighted by molar-refractivity contribution is -0.131. The first-order valence-electron chi connectivity index (χ1n) is 10.4. The van der Waals surface area contributed by atoms with E-state index in [0.717, 1.165) is 24.1 Å². The number of sulfonamides is 1. The molecule has 0 aromatic heterocycles. The number of amides is 1. The van der Waals surface area contributed by atoms with Gasteiger partial charge in [0.05, 0.1) is 17.2 Å². The Morgan fingerprint density at radius 1 is 1.00 bits per heavy atom. The van der Waals surface area contributed by atoms with Crippen LogP contribution in [0.15, 0.2) is 57.9 Å². The van der Waals surface area contributed by atoms with E-state index in [9.17, 15) is 13.2 Å². The average Bonchev–Trinajstić information content (AvgIpc) is 2.78. The highest BCUT2D eigenvalue weighted by atomic mass is 79.9. The summed E-state index contributed by atoms with van der Waals surface area (Å²) in [7, 11) is -3.93. The van der Waals surface area contributed by atoms with Crippen molar-refractivity contribution in [1.29, 1.82) is 0 Å². The van der Waals surface area contributed by atoms with E-state index in [4.69, 9.17) is 4.74 Å². The molecule has 1 fully saturated rings. The molecule has 0 radical (unpaired) electrons. The van der Waals surface area contributed by atoms with Gasteiger partial charge in [-0.2, -0.15) is 0 Å². The minimum Gasteiger partial charge on any atom is -0.494 e. The SMILES string of the molecule is CCOc1ccc(N(CC(=O)N2CCN(CC)CC2)S(=O)(=O)c2ccc(Br)cc2)cc1. The molecule has 1 aliphatic heterocycles. The molecule has 2 aromatic rings. The van der Waals surface area contributed by atoms with Crippen LogP contribution in [-0.4, -0.2) is 70.0 Å². The fourth-order valence-corrected chi connectivity index (χ4v) is 5.14. The van der Waals surface area contributed by atoms with E-state index in [1.807, 2.05) is 6.92 Å². The van der Waals surface area contributed by atoms with Gasteiger partial charge in [0, 0.05) is 30.7 Å². The summed E-state index contributed by atoms with van der Waals surface area (Å²) in [4.78, 5) is 17.2. The maximum Gasteiger partial charge on any atom is 0.264 e. The van der Waals surface area contributed by atoms with Crippen molar-refractivity contribution < 1.29 is 17.9 Å². The Morgan fingerprint density at radius 3 is 2.16 bits per heavy atom. The summed E-state index contributed by atoms with van der Waals surface area (Å²) in [5.41, 5.74) is 0.423. The zero-order chi connectivity index (χ0) is 22.4. The van der Waals surface area contributed by atoms with Crippen LogP contribution in [0.1, 0.15) is 13.8 Å². The molecule has 0 unspecified atom stereocenters. The zero-order valence-electron chi connectivity index (χ0n) is 17.8. The number of piperazine rings is 1. The smallest absolute Gasteiger partial charge is 0.264 e. The quantitative estimate of drug-likeness (QED) is 0.546. The van der Waals surface area contributed by atoms with Crippen molar-refractivity contribution in [2.75, 3.05) is 50.2 Å². The Kier molecular flexibility index (Phi) is 7.96. The number of rotatable bonds is 8. The van der Waals surface area contributed by atoms with Gasteiger partial charge in [-0.15, -0.1) is 0 Å². The van der Waals surface area contributed by atoms with E-state index in [0.29, 0.717) is 31.1 Å². The number of nitrogens with zero attached hydrogens (tertiary/aromatic N) is 3. The normalized spacial score (nSPS) is 15.0. The Balaban J connectivity index is 1.88. The number of hydrogen-bond donors (Lipinski definition) is 0. The standard InChI is InChI=1S/C22H28BrN3O4S/c1-3-24-13-15-25(16-14-24)22(27)17-26(19-7-9-20(10-8-19)30-4-2)31(28,29)21-11-5-18(23)6-12-21/h5-12H,3-4,13-17H2,1-2H3. The molecule has 7 nitrogen and oxygen atoms in total. The molecule has 0 bridgehead atoms. The van der Waals surface area contributed by atoms with Gasteiger partial charge in [-0.05, 0) is 62.0 Å². The van der Waals surface area contributed by atoms with Gasteiger partial charge in [-0.1, -0.05) is 22.9 Å². The van der Waals surface area contributed by atoms with Crippen molar-refractivity contribution in [2.45, 2.75) is 18.7 Å². The largest absolute Gasteiger partial charge is 0.494 e. The highest BCUT2D eigenvalue weighted by Gasteiger charge is 2.30. The lowest BCUT2D eigenvalue weighted by Gasteiger charge is -2.35. The van der Waals surface area contributed by atoms with Gasteiger partial charge < -0.3 is 14.5 Å². The van der Waals surface area contributed by atoms with Crippen LogP contribution >= 0.6 is 15.9 Å². The van der Waals surface area contributed by atoms with Crippen molar-refractivity contribution in [3.63, 3.8) is 0 Å². The molecule has 0 spiro atoms. The van der Waals surface area contributed by atoms with Crippen LogP contribution in [0.2, 0.25) is 0 Å². The zero-order valence-corrected chi connectivity index (χ0v) is 20.2. The van der Waals surface area contributed by atoms with Crippen molar-refractivity contribution in [3.8, 4) is 5.75 Å². The van der Waals surface area contributed by atoms with E-state index in [1.165, 1.54) is 16.4 Å². The average molecular weight is 510 g/mol. The van der Waals surface area contributed by atoms with Crippen LogP contribution in [0, 0.1) is 0 Å². The third-order valence-electron chi connectivity index (χ3n) is 5.29. The molecular formula is C22H28BrN3O4S. The van der Waals surface area contributed by atoms with Crippen LogP contribution in [0.25, 0.3) is 0 Å². The molecule has 31 heavy (non-hydrogen) atoms. The second kappa shape index (κ2) is 10.5. The summed E-state index contributed by atoms with van der Waals surface area (Å²) in [6, 6.07) is 13.2. The van der Waals surface area contributed by atoms with Gasteiger partial charge >= 0.3 is 0 Å². The Hall–Kier alpha value is -2.10. The van der Waals surface area contributed by atoms with Gasteiger partial charge in [0.2, 0.25) is 5.91 Å². The Labute approximate surface area is 192 Å². The van der Waals surface area contributed by atoms with Crippen LogP contribution < -0.4 is 9.04 Å². The monoisotopic (exact) mass is 509 g/mol. The minimum absolute atomic E-state index is 0.133. The third-order valence-corrected chi connectivity index (χ3v) is 7.61. The summed E-state index contributed by atoms with van der Waals surface area (Å²) >= 11 is 3.33. The van der Waals surface area contributed by atoms with E-state index in [2.05, 4.69) is 27.8 Å². The first kappa shape index (κ1) is 23.6. The van der Waals surface area contributed by atoms with E-state index in [-0.39, 0.29) is 17.3 Å². The van der Waals surface area contributed by atoms with Gasteiger partial charge in [0.25, 0.3) is 10.0 Å². The molecular weight excluding hydrogens is 482 g/mol. The third kappa shape index (κ3) is 5.78. The molecule has 1 aliphatic rings. The summed E-state index contributed by atoms with van der Waals surface area (Å²) in [5, 5.41) is 0. The lowest BCUT2D eigenvalue weighted by atomic mass is 10.3. The predicted molar refractivity (Wildman–Crippen MR) is 125 cm³/mol. The van der Waals surface area contributed by atoms with Gasteiger partial charge in [0.1, 0.15) is 12.3 Å². The number of likely N-dealkylation sites (N-methyl/N-ethyl adjacent to an activating group) is 1. The molecule has 2 aromatic carbocycles. The molecule has 0 aliphatic carbocycles. The van der Waals surface area contributed by atoms with Crippen LogP contribution in [-0.2, 0) is 14.8 Å². The fourth-order valence-electron chi connectivity index (χ4n) is 3.46. The highest BCUT2D eigenvalue weighted by molar-refractivity contribution is 9.10. The maximum atomic E-state index is 13.5. The molecule has 0 N–H and O–H groups in total. The molecule has 0 atom stereocenters. The summed E-state index contributed by atoms with van der Waals surface area (Å²) in [6.07, 6.45) is 0. The minimum atomic E-state index is -3.93. The first-order valence-corrected chi connectivity index (χ1v) is 12.6. The van der Waals surface area contributed by atoms with Crippen molar-refractivity contribution in [3.05, 3.63) is 53.0 Å². The number of anilines is 1. The number of hydrogen-bond acceptors (Lipinski definition) is 5. The van der Waals surface area contributed by atoms with Crippen LogP contribution in [0.5, 0.6) is 5.75 Å². The second-order valence-corrected chi connectivity index (χ2v) is 9.99. The van der Waals surface area contributed by atoms with Gasteiger partial charge in [-0.3, -0.25) is 9.10 Å². The van der Waals surface area contributed by atoms with E-state index < -0.39 is 10.0 Å². The van der Waals surface area contributed by atoms with Gasteiger partial charge in [0.15, 0.2) is 0 Å². The molecule has 1 amide bonds. The van der Waals surface area contributed by atoms with E-state index >= 15 is 0 Å². The maximum absolute atomic E-state index is 13.5. The summed E-state index contributed by atoms with van der Waals surface area (Å²) in [6.45, 7) is 7.98. The summed E-state index contributed by atoms with van der Waals surface area (Å²) < 4.78 is 34.4. The molecule has 3 rings (SSSR count). The molecule has 0 saturated carbocycles. The number of benzene rings is 2. The lowest BCUT2D eigenvalue weighted by Crippen LogP contribution is -2.51. The predicted octanol–water partition coefficient (Wildman–Crippen LogP) is 3.21.